The van der Waals surface area contributed by atoms with Gasteiger partial charge >= 0.3 is 0 Å². The molecule has 1 aromatic carbocycles. The Morgan fingerprint density at radius 3 is 2.46 bits per heavy atom. The quantitative estimate of drug-likeness (QED) is 0.726. The summed E-state index contributed by atoms with van der Waals surface area (Å²) in [5.41, 5.74) is 3.00. The zero-order valence-corrected chi connectivity index (χ0v) is 16.1. The molecule has 0 bridgehead atoms. The maximum absolute atomic E-state index is 13.0. The summed E-state index contributed by atoms with van der Waals surface area (Å²) in [7, 11) is 3.97. The van der Waals surface area contributed by atoms with E-state index in [9.17, 15) is 9.59 Å². The van der Waals surface area contributed by atoms with Crippen LogP contribution in [0.25, 0.3) is 6.08 Å². The van der Waals surface area contributed by atoms with E-state index in [0.29, 0.717) is 23.5 Å². The largest absolute Gasteiger partial charge is 0.491 e. The second-order valence-electron chi connectivity index (χ2n) is 7.62. The van der Waals surface area contributed by atoms with Crippen molar-refractivity contribution in [3.8, 4) is 5.75 Å². The Kier molecular flexibility index (Phi) is 5.92. The Morgan fingerprint density at radius 2 is 1.81 bits per heavy atom. The Morgan fingerprint density at radius 1 is 1.08 bits per heavy atom. The molecule has 3 rings (SSSR count). The molecular formula is C22H29NO3. The summed E-state index contributed by atoms with van der Waals surface area (Å²) in [5, 5.41) is 0. The van der Waals surface area contributed by atoms with Crippen LogP contribution in [-0.2, 0) is 11.2 Å². The van der Waals surface area contributed by atoms with Crippen LogP contribution in [0.5, 0.6) is 5.75 Å². The van der Waals surface area contributed by atoms with Crippen LogP contribution in [0.15, 0.2) is 17.7 Å². The summed E-state index contributed by atoms with van der Waals surface area (Å²) in [5.74, 6) is 0.120. The Bertz CT molecular complexity index is 727. The van der Waals surface area contributed by atoms with Crippen molar-refractivity contribution in [1.29, 1.82) is 0 Å². The molecule has 26 heavy (non-hydrogen) atoms. The SMILES string of the molecule is CCc1ccc2c(c1OCCN(C)C)C(=O)C(=O)C(C1CCCCC1)=C2. The van der Waals surface area contributed by atoms with E-state index >= 15 is 0 Å². The molecule has 0 atom stereocenters. The normalized spacial score (nSPS) is 18.1. The number of Topliss-reactive ketones (excluding diaryl/α,β-unsaturated/α-hetero) is 2. The van der Waals surface area contributed by atoms with E-state index in [1.165, 1.54) is 6.42 Å². The highest BCUT2D eigenvalue weighted by Gasteiger charge is 2.35. The lowest BCUT2D eigenvalue weighted by Gasteiger charge is -2.27. The van der Waals surface area contributed by atoms with E-state index in [1.54, 1.807) is 0 Å². The van der Waals surface area contributed by atoms with Gasteiger partial charge in [-0.2, -0.15) is 0 Å². The van der Waals surface area contributed by atoms with Crippen molar-refractivity contribution in [2.24, 2.45) is 5.92 Å². The Balaban J connectivity index is 1.98. The van der Waals surface area contributed by atoms with Crippen molar-refractivity contribution in [1.82, 2.24) is 4.90 Å². The van der Waals surface area contributed by atoms with E-state index in [0.717, 1.165) is 49.8 Å². The number of likely N-dealkylation sites (N-methyl/N-ethyl adjacent to an activating group) is 1. The van der Waals surface area contributed by atoms with Gasteiger partial charge in [0.25, 0.3) is 0 Å². The zero-order chi connectivity index (χ0) is 18.7. The topological polar surface area (TPSA) is 46.6 Å². The molecular weight excluding hydrogens is 326 g/mol. The number of allylic oxidation sites excluding steroid dienone is 1. The molecule has 0 heterocycles. The number of carbonyl (C=O) groups excluding carboxylic acids is 2. The summed E-state index contributed by atoms with van der Waals surface area (Å²) < 4.78 is 5.99. The number of fused-ring (bicyclic) bond motifs is 1. The number of benzene rings is 1. The average Bonchev–Trinajstić information content (AvgIpc) is 2.64. The van der Waals surface area contributed by atoms with Gasteiger partial charge in [-0.3, -0.25) is 9.59 Å². The molecule has 1 saturated carbocycles. The lowest BCUT2D eigenvalue weighted by Crippen LogP contribution is -2.28. The van der Waals surface area contributed by atoms with Crippen molar-refractivity contribution in [3.63, 3.8) is 0 Å². The van der Waals surface area contributed by atoms with Gasteiger partial charge in [0.2, 0.25) is 11.6 Å². The summed E-state index contributed by atoms with van der Waals surface area (Å²) in [4.78, 5) is 27.9. The maximum Gasteiger partial charge on any atom is 0.237 e. The Labute approximate surface area is 156 Å². The van der Waals surface area contributed by atoms with Gasteiger partial charge in [0.15, 0.2) is 0 Å². The van der Waals surface area contributed by atoms with E-state index in [-0.39, 0.29) is 11.7 Å². The van der Waals surface area contributed by atoms with Crippen molar-refractivity contribution < 1.29 is 14.3 Å². The van der Waals surface area contributed by atoms with Crippen LogP contribution in [0.2, 0.25) is 0 Å². The fourth-order valence-corrected chi connectivity index (χ4v) is 3.96. The molecule has 2 aliphatic carbocycles. The third-order valence-electron chi connectivity index (χ3n) is 5.49. The molecule has 0 N–H and O–H groups in total. The number of carbonyl (C=O) groups is 2. The first kappa shape index (κ1) is 18.8. The molecule has 0 spiro atoms. The third kappa shape index (κ3) is 3.75. The predicted octanol–water partition coefficient (Wildman–Crippen LogP) is 3.92. The first-order valence-electron chi connectivity index (χ1n) is 9.77. The lowest BCUT2D eigenvalue weighted by molar-refractivity contribution is -0.112. The van der Waals surface area contributed by atoms with Gasteiger partial charge in [-0.15, -0.1) is 0 Å². The van der Waals surface area contributed by atoms with E-state index in [2.05, 4.69) is 0 Å². The van der Waals surface area contributed by atoms with Gasteiger partial charge in [-0.1, -0.05) is 38.3 Å². The van der Waals surface area contributed by atoms with E-state index in [1.807, 2.05) is 44.1 Å². The first-order valence-corrected chi connectivity index (χ1v) is 9.77. The minimum atomic E-state index is -0.391. The van der Waals surface area contributed by atoms with Crippen LogP contribution in [-0.4, -0.2) is 43.7 Å². The van der Waals surface area contributed by atoms with Crippen molar-refractivity contribution in [3.05, 3.63) is 34.4 Å². The van der Waals surface area contributed by atoms with Crippen molar-refractivity contribution in [2.75, 3.05) is 27.2 Å². The number of rotatable bonds is 6. The molecule has 0 aromatic heterocycles. The molecule has 140 valence electrons. The standard InChI is InChI=1S/C22H29NO3/c1-4-15-10-11-17-14-18(16-8-6-5-7-9-16)20(24)21(25)19(17)22(15)26-13-12-23(2)3/h10-11,14,16H,4-9,12-13H2,1-3H3. The van der Waals surface area contributed by atoms with Gasteiger partial charge in [0.1, 0.15) is 12.4 Å². The number of ketones is 2. The fourth-order valence-electron chi connectivity index (χ4n) is 3.96. The molecule has 0 amide bonds. The van der Waals surface area contributed by atoms with Crippen LogP contribution in [0, 0.1) is 5.92 Å². The molecule has 0 saturated heterocycles. The molecule has 0 unspecified atom stereocenters. The maximum atomic E-state index is 13.0. The lowest BCUT2D eigenvalue weighted by atomic mass is 9.77. The average molecular weight is 355 g/mol. The highest BCUT2D eigenvalue weighted by molar-refractivity contribution is 6.52. The Hall–Kier alpha value is -1.94. The number of aryl methyl sites for hydroxylation is 1. The molecule has 0 radical (unpaired) electrons. The van der Waals surface area contributed by atoms with Crippen LogP contribution in [0.4, 0.5) is 0 Å². The van der Waals surface area contributed by atoms with Gasteiger partial charge < -0.3 is 9.64 Å². The fraction of sp³-hybridized carbons (Fsp3) is 0.545. The highest BCUT2D eigenvalue weighted by Crippen LogP contribution is 2.38. The molecule has 1 fully saturated rings. The summed E-state index contributed by atoms with van der Waals surface area (Å²) in [6.45, 7) is 3.30. The van der Waals surface area contributed by atoms with Crippen LogP contribution in [0.1, 0.15) is 60.5 Å². The van der Waals surface area contributed by atoms with Crippen molar-refractivity contribution in [2.45, 2.75) is 45.4 Å². The number of hydrogen-bond acceptors (Lipinski definition) is 4. The second kappa shape index (κ2) is 8.17. The van der Waals surface area contributed by atoms with Gasteiger partial charge in [-0.25, -0.2) is 0 Å². The monoisotopic (exact) mass is 355 g/mol. The third-order valence-corrected chi connectivity index (χ3v) is 5.49. The van der Waals surface area contributed by atoms with E-state index < -0.39 is 5.78 Å². The summed E-state index contributed by atoms with van der Waals surface area (Å²) in [6, 6.07) is 4.00. The number of nitrogens with zero attached hydrogens (tertiary/aromatic N) is 1. The molecule has 0 aliphatic heterocycles. The van der Waals surface area contributed by atoms with Crippen LogP contribution in [0.3, 0.4) is 0 Å². The molecule has 4 heteroatoms. The summed E-state index contributed by atoms with van der Waals surface area (Å²) >= 11 is 0. The summed E-state index contributed by atoms with van der Waals surface area (Å²) in [6.07, 6.45) is 8.26. The number of ether oxygens (including phenoxy) is 1. The molecule has 4 nitrogen and oxygen atoms in total. The smallest absolute Gasteiger partial charge is 0.237 e. The number of hydrogen-bond donors (Lipinski definition) is 0. The highest BCUT2D eigenvalue weighted by atomic mass is 16.5. The van der Waals surface area contributed by atoms with Crippen LogP contribution < -0.4 is 4.74 Å². The van der Waals surface area contributed by atoms with Crippen molar-refractivity contribution >= 4 is 17.6 Å². The van der Waals surface area contributed by atoms with Gasteiger partial charge in [0, 0.05) is 12.1 Å². The first-order chi connectivity index (χ1) is 12.5. The molecule has 2 aliphatic rings. The molecule has 1 aromatic rings. The minimum absolute atomic E-state index is 0.234. The second-order valence-corrected chi connectivity index (χ2v) is 7.62. The van der Waals surface area contributed by atoms with Gasteiger partial charge in [0.05, 0.1) is 5.56 Å². The minimum Gasteiger partial charge on any atom is -0.491 e. The predicted molar refractivity (Wildman–Crippen MR) is 104 cm³/mol. The zero-order valence-electron chi connectivity index (χ0n) is 16.1. The van der Waals surface area contributed by atoms with E-state index in [4.69, 9.17) is 4.74 Å². The van der Waals surface area contributed by atoms with Crippen LogP contribution >= 0.6 is 0 Å². The van der Waals surface area contributed by atoms with Gasteiger partial charge in [-0.05, 0) is 56.5 Å².